The van der Waals surface area contributed by atoms with Crippen LogP contribution in [0.4, 0.5) is 0 Å². The number of aliphatic hydroxyl groups is 4. The molecule has 0 bridgehead atoms. The highest BCUT2D eigenvalue weighted by atomic mass is 16.5. The molecule has 4 aromatic rings. The maximum absolute atomic E-state index is 9.33. The highest BCUT2D eigenvalue weighted by Gasteiger charge is 2.01. The fraction of sp³-hybridized carbons (Fsp3) is 0.314. The molecule has 0 fully saturated rings. The number of hydrogen-bond donors (Lipinski definition) is 4. The van der Waals surface area contributed by atoms with Gasteiger partial charge in [-0.1, -0.05) is 123 Å². The molecule has 0 saturated carbocycles. The minimum absolute atomic E-state index is 0.0644. The van der Waals surface area contributed by atoms with Crippen molar-refractivity contribution in [3.8, 4) is 5.75 Å². The lowest BCUT2D eigenvalue weighted by Crippen LogP contribution is -2.00. The van der Waals surface area contributed by atoms with E-state index in [1.807, 2.05) is 123 Å². The first kappa shape index (κ1) is 34.5. The molecule has 0 aliphatic heterocycles. The van der Waals surface area contributed by atoms with E-state index in [1.165, 1.54) is 11.1 Å². The fourth-order valence-corrected chi connectivity index (χ4v) is 3.41. The van der Waals surface area contributed by atoms with Gasteiger partial charge in [0.25, 0.3) is 0 Å². The van der Waals surface area contributed by atoms with E-state index in [-0.39, 0.29) is 31.8 Å². The molecule has 5 heteroatoms. The van der Waals surface area contributed by atoms with E-state index in [4.69, 9.17) is 20.1 Å². The molecule has 0 amide bonds. The Morgan fingerprint density at radius 3 is 1.55 bits per heavy atom. The summed E-state index contributed by atoms with van der Waals surface area (Å²) in [5.74, 6) is 1.07. The molecule has 4 aromatic carbocycles. The van der Waals surface area contributed by atoms with Crippen molar-refractivity contribution < 1.29 is 25.2 Å². The molecule has 4 rings (SSSR count). The van der Waals surface area contributed by atoms with Crippen LogP contribution in [0, 0.1) is 0 Å². The van der Waals surface area contributed by atoms with Crippen molar-refractivity contribution in [1.82, 2.24) is 0 Å². The first-order chi connectivity index (χ1) is 19.5. The smallest absolute Gasteiger partial charge is 0.119 e. The van der Waals surface area contributed by atoms with E-state index in [0.29, 0.717) is 6.61 Å². The van der Waals surface area contributed by atoms with E-state index in [0.717, 1.165) is 30.6 Å². The zero-order valence-electron chi connectivity index (χ0n) is 23.8. The number of benzene rings is 4. The van der Waals surface area contributed by atoms with E-state index in [2.05, 4.69) is 12.1 Å². The van der Waals surface area contributed by atoms with Crippen molar-refractivity contribution >= 4 is 0 Å². The quantitative estimate of drug-likeness (QED) is 0.180. The van der Waals surface area contributed by atoms with Crippen LogP contribution in [0.3, 0.4) is 0 Å². The average molecular weight is 547 g/mol. The fourth-order valence-electron chi connectivity index (χ4n) is 3.41. The van der Waals surface area contributed by atoms with Crippen LogP contribution in [0.2, 0.25) is 0 Å². The number of aryl methyl sites for hydroxylation is 1. The Hall–Kier alpha value is -3.48. The molecule has 2 atom stereocenters. The summed E-state index contributed by atoms with van der Waals surface area (Å²) in [6.07, 6.45) is 2.34. The van der Waals surface area contributed by atoms with Crippen molar-refractivity contribution in [3.05, 3.63) is 138 Å². The summed E-state index contributed by atoms with van der Waals surface area (Å²) in [5, 5.41) is 35.0. The predicted molar refractivity (Wildman–Crippen MR) is 165 cm³/mol. The molecule has 216 valence electrons. The normalized spacial score (nSPS) is 11.2. The summed E-state index contributed by atoms with van der Waals surface area (Å²) in [6.45, 7) is 4.92. The standard InChI is InChI=1S/3C9H12O.C8H10O2/c1-8(7-10)9-5-3-2-4-6-9;1-2-9(10)8-6-4-3-5-7-8;10-8-4-7-9-5-2-1-3-6-9;9-6-7-10-8-4-2-1-3-5-8/h2-6,8,10H,7H2,1H3;3-7,9-10H,2H2,1H3;1-3,5-6,10H,4,7-8H2;1-5,9H,6-7H2. The van der Waals surface area contributed by atoms with Crippen LogP contribution in [0.1, 0.15) is 55.4 Å². The van der Waals surface area contributed by atoms with Gasteiger partial charge in [0, 0.05) is 19.1 Å². The highest BCUT2D eigenvalue weighted by Crippen LogP contribution is 2.14. The highest BCUT2D eigenvalue weighted by molar-refractivity contribution is 5.21. The lowest BCUT2D eigenvalue weighted by Gasteiger charge is -2.05. The minimum atomic E-state index is -0.291. The summed E-state index contributed by atoms with van der Waals surface area (Å²) < 4.78 is 5.11. The summed E-state index contributed by atoms with van der Waals surface area (Å²) in [4.78, 5) is 0. The number of ether oxygens (including phenoxy) is 1. The molecule has 0 saturated heterocycles. The SMILES string of the molecule is CC(CO)c1ccccc1.CCC(O)c1ccccc1.OCCCc1ccccc1.OCCOc1ccccc1. The third-order valence-corrected chi connectivity index (χ3v) is 5.78. The van der Waals surface area contributed by atoms with Crippen LogP contribution >= 0.6 is 0 Å². The van der Waals surface area contributed by atoms with Gasteiger partial charge in [-0.15, -0.1) is 0 Å². The van der Waals surface area contributed by atoms with Gasteiger partial charge < -0.3 is 25.2 Å². The molecule has 0 radical (unpaired) electrons. The lowest BCUT2D eigenvalue weighted by molar-refractivity contribution is 0.173. The van der Waals surface area contributed by atoms with Crippen molar-refractivity contribution in [2.75, 3.05) is 26.4 Å². The number of aliphatic hydroxyl groups excluding tert-OH is 4. The summed E-state index contributed by atoms with van der Waals surface area (Å²) in [6, 6.07) is 39.3. The van der Waals surface area contributed by atoms with Gasteiger partial charge in [-0.05, 0) is 48.1 Å². The summed E-state index contributed by atoms with van der Waals surface area (Å²) in [7, 11) is 0. The topological polar surface area (TPSA) is 90.2 Å². The largest absolute Gasteiger partial charge is 0.491 e. The average Bonchev–Trinajstić information content (AvgIpc) is 3.04. The number of rotatable bonds is 10. The molecule has 0 aromatic heterocycles. The minimum Gasteiger partial charge on any atom is -0.491 e. The van der Waals surface area contributed by atoms with Crippen molar-refractivity contribution in [2.45, 2.75) is 45.1 Å². The van der Waals surface area contributed by atoms with E-state index in [9.17, 15) is 5.11 Å². The number of para-hydroxylation sites is 1. The van der Waals surface area contributed by atoms with Gasteiger partial charge in [-0.3, -0.25) is 0 Å². The Labute approximate surface area is 240 Å². The Kier molecular flexibility index (Phi) is 20.2. The lowest BCUT2D eigenvalue weighted by atomic mass is 10.0. The second-order valence-corrected chi connectivity index (χ2v) is 9.03. The molecular weight excluding hydrogens is 500 g/mol. The van der Waals surface area contributed by atoms with Gasteiger partial charge in [0.1, 0.15) is 12.4 Å². The van der Waals surface area contributed by atoms with Gasteiger partial charge in [0.15, 0.2) is 0 Å². The van der Waals surface area contributed by atoms with Gasteiger partial charge in [-0.2, -0.15) is 0 Å². The third-order valence-electron chi connectivity index (χ3n) is 5.78. The molecule has 0 aliphatic carbocycles. The molecule has 40 heavy (non-hydrogen) atoms. The Balaban J connectivity index is 0.000000267. The first-order valence-corrected chi connectivity index (χ1v) is 13.9. The van der Waals surface area contributed by atoms with E-state index < -0.39 is 0 Å². The van der Waals surface area contributed by atoms with Crippen molar-refractivity contribution in [2.24, 2.45) is 0 Å². The second kappa shape index (κ2) is 23.4. The summed E-state index contributed by atoms with van der Waals surface area (Å²) >= 11 is 0. The van der Waals surface area contributed by atoms with Crippen LogP contribution < -0.4 is 4.74 Å². The maximum Gasteiger partial charge on any atom is 0.119 e. The first-order valence-electron chi connectivity index (χ1n) is 13.9. The molecular formula is C35H46O5. The van der Waals surface area contributed by atoms with Crippen LogP contribution in [0.15, 0.2) is 121 Å². The van der Waals surface area contributed by atoms with Gasteiger partial charge in [0.2, 0.25) is 0 Å². The monoisotopic (exact) mass is 546 g/mol. The molecule has 0 spiro atoms. The maximum atomic E-state index is 9.33. The molecule has 0 heterocycles. The van der Waals surface area contributed by atoms with Crippen molar-refractivity contribution in [1.29, 1.82) is 0 Å². The molecule has 5 nitrogen and oxygen atoms in total. The third kappa shape index (κ3) is 16.5. The summed E-state index contributed by atoms with van der Waals surface area (Å²) in [5.41, 5.74) is 3.51. The van der Waals surface area contributed by atoms with Crippen LogP contribution in [0.25, 0.3) is 0 Å². The second-order valence-electron chi connectivity index (χ2n) is 9.03. The van der Waals surface area contributed by atoms with Crippen LogP contribution in [0.5, 0.6) is 5.75 Å². The van der Waals surface area contributed by atoms with E-state index in [1.54, 1.807) is 0 Å². The molecule has 4 N–H and O–H groups in total. The Bertz CT molecular complexity index is 971. The van der Waals surface area contributed by atoms with Crippen LogP contribution in [-0.4, -0.2) is 46.9 Å². The molecule has 2 unspecified atom stereocenters. The zero-order valence-corrected chi connectivity index (χ0v) is 23.8. The van der Waals surface area contributed by atoms with Gasteiger partial charge >= 0.3 is 0 Å². The molecule has 0 aliphatic rings. The van der Waals surface area contributed by atoms with Gasteiger partial charge in [0.05, 0.1) is 12.7 Å². The Morgan fingerprint density at radius 1 is 0.625 bits per heavy atom. The number of hydrogen-bond acceptors (Lipinski definition) is 5. The van der Waals surface area contributed by atoms with Gasteiger partial charge in [-0.25, -0.2) is 0 Å². The Morgan fingerprint density at radius 2 is 1.10 bits per heavy atom. The zero-order chi connectivity index (χ0) is 29.3. The predicted octanol–water partition coefficient (Wildman–Crippen LogP) is 6.58. The van der Waals surface area contributed by atoms with Crippen molar-refractivity contribution in [3.63, 3.8) is 0 Å². The van der Waals surface area contributed by atoms with E-state index >= 15 is 0 Å². The van der Waals surface area contributed by atoms with Crippen LogP contribution in [-0.2, 0) is 6.42 Å².